The van der Waals surface area contributed by atoms with Gasteiger partial charge < -0.3 is 47.6 Å². The smallest absolute Gasteiger partial charge is 0.461 e. The summed E-state index contributed by atoms with van der Waals surface area (Å²) in [6.45, 7) is 16.6. The third-order valence-electron chi connectivity index (χ3n) is 11.9. The molecule has 0 amide bonds. The fourth-order valence-corrected chi connectivity index (χ4v) is 8.86. The van der Waals surface area contributed by atoms with Crippen molar-refractivity contribution in [1.82, 2.24) is 9.88 Å². The maximum Gasteiger partial charge on any atom is 0.509 e. The van der Waals surface area contributed by atoms with Crippen LogP contribution in [0, 0.1) is 23.7 Å². The van der Waals surface area contributed by atoms with Gasteiger partial charge in [0, 0.05) is 51.1 Å². The standard InChI is InChI=1S/C42H63N3O14/c1-14-31-42(10)37(57-40(50)58-42)24(4)33(44-59-28(8)47)22(2)20-41(9,51-13)36(56-39-35(53-27(7)46)30(45(11)12)18-23(3)52-39)25(5)34(26(6)38(49)54-31)55-32(48)19-29-16-15-17-43-21-29/h15-17,21-26,30-31,34-37,39H,14,18-20H2,1-13H3/b44-33+/t22-,23-,24+,25+,26-,30+,31-,34+,35-,36-,37-,39+,41+,42-/m1/s1. The Morgan fingerprint density at radius 3 is 2.25 bits per heavy atom. The van der Waals surface area contributed by atoms with Crippen molar-refractivity contribution in [2.24, 2.45) is 28.8 Å². The first kappa shape index (κ1) is 47.5. The first-order valence-corrected chi connectivity index (χ1v) is 20.3. The van der Waals surface area contributed by atoms with Gasteiger partial charge in [0.25, 0.3) is 0 Å². The Labute approximate surface area is 347 Å². The number of pyridine rings is 1. The number of rotatable bonds is 10. The van der Waals surface area contributed by atoms with E-state index in [1.165, 1.54) is 21.0 Å². The average molecular weight is 834 g/mol. The topological polar surface area (TPSA) is 197 Å². The molecule has 14 atom stereocenters. The zero-order valence-corrected chi connectivity index (χ0v) is 36.6. The number of carbonyl (C=O) groups excluding carboxylic acids is 5. The molecule has 17 heteroatoms. The summed E-state index contributed by atoms with van der Waals surface area (Å²) in [6.07, 6.45) is -3.85. The third-order valence-corrected chi connectivity index (χ3v) is 11.9. The molecule has 4 rings (SSSR count). The van der Waals surface area contributed by atoms with Crippen molar-refractivity contribution in [3.63, 3.8) is 0 Å². The van der Waals surface area contributed by atoms with Crippen molar-refractivity contribution < 1.29 is 66.7 Å². The maximum atomic E-state index is 14.5. The van der Waals surface area contributed by atoms with Gasteiger partial charge in [0.05, 0.1) is 41.9 Å². The lowest BCUT2D eigenvalue weighted by molar-refractivity contribution is -0.303. The normalized spacial score (nSPS) is 37.6. The lowest BCUT2D eigenvalue weighted by Gasteiger charge is -2.49. The Hall–Kier alpha value is -4.19. The van der Waals surface area contributed by atoms with E-state index in [9.17, 15) is 24.0 Å². The van der Waals surface area contributed by atoms with Gasteiger partial charge in [0.2, 0.25) is 0 Å². The molecule has 17 nitrogen and oxygen atoms in total. The van der Waals surface area contributed by atoms with Gasteiger partial charge in [-0.05, 0) is 72.7 Å². The number of aromatic nitrogens is 1. The van der Waals surface area contributed by atoms with E-state index >= 15 is 0 Å². The summed E-state index contributed by atoms with van der Waals surface area (Å²) in [6, 6.07) is 3.13. The average Bonchev–Trinajstić information content (AvgIpc) is 3.48. The van der Waals surface area contributed by atoms with Crippen LogP contribution in [0.5, 0.6) is 0 Å². The molecule has 0 radical (unpaired) electrons. The molecule has 0 saturated carbocycles. The second kappa shape index (κ2) is 19.9. The van der Waals surface area contributed by atoms with E-state index in [-0.39, 0.29) is 31.4 Å². The fraction of sp³-hybridized carbons (Fsp3) is 0.738. The van der Waals surface area contributed by atoms with Crippen molar-refractivity contribution in [3.05, 3.63) is 30.1 Å². The lowest BCUT2D eigenvalue weighted by Crippen LogP contribution is -2.61. The number of ether oxygens (including phenoxy) is 8. The number of carbonyl (C=O) groups is 5. The first-order valence-electron chi connectivity index (χ1n) is 20.3. The van der Waals surface area contributed by atoms with E-state index in [0.717, 1.165) is 0 Å². The predicted octanol–water partition coefficient (Wildman–Crippen LogP) is 4.81. The molecule has 3 aliphatic rings. The van der Waals surface area contributed by atoms with Gasteiger partial charge in [-0.25, -0.2) is 9.59 Å². The Balaban J connectivity index is 1.94. The van der Waals surface area contributed by atoms with Crippen molar-refractivity contribution in [2.75, 3.05) is 21.2 Å². The molecule has 3 saturated heterocycles. The molecule has 0 spiro atoms. The zero-order valence-electron chi connectivity index (χ0n) is 36.6. The number of oxime groups is 1. The number of cyclic esters (lactones) is 1. The number of methoxy groups -OCH3 is 1. The molecule has 3 fully saturated rings. The van der Waals surface area contributed by atoms with Crippen LogP contribution in [-0.4, -0.2) is 127 Å². The minimum absolute atomic E-state index is 0.130. The molecular formula is C42H63N3O14. The second-order valence-electron chi connectivity index (χ2n) is 16.8. The number of esters is 3. The molecule has 4 heterocycles. The van der Waals surface area contributed by atoms with Crippen molar-refractivity contribution in [2.45, 2.75) is 155 Å². The van der Waals surface area contributed by atoms with Crippen LogP contribution in [0.1, 0.15) is 94.1 Å². The van der Waals surface area contributed by atoms with Crippen molar-refractivity contribution >= 4 is 35.7 Å². The summed E-state index contributed by atoms with van der Waals surface area (Å²) in [7, 11) is 5.25. The van der Waals surface area contributed by atoms with Crippen LogP contribution in [0.4, 0.5) is 4.79 Å². The van der Waals surface area contributed by atoms with E-state index in [4.69, 9.17) is 42.7 Å². The number of likely N-dealkylation sites (N-methyl/N-ethyl adjacent to an activating group) is 1. The van der Waals surface area contributed by atoms with Gasteiger partial charge in [-0.1, -0.05) is 38.9 Å². The Morgan fingerprint density at radius 1 is 0.983 bits per heavy atom. The Kier molecular flexibility index (Phi) is 16.0. The Morgan fingerprint density at radius 2 is 1.68 bits per heavy atom. The van der Waals surface area contributed by atoms with E-state index in [1.807, 2.05) is 32.8 Å². The number of hydrogen-bond donors (Lipinski definition) is 0. The van der Waals surface area contributed by atoms with Crippen LogP contribution < -0.4 is 0 Å². The first-order chi connectivity index (χ1) is 27.6. The largest absolute Gasteiger partial charge is 0.509 e. The summed E-state index contributed by atoms with van der Waals surface area (Å²) in [5.74, 6) is -5.89. The zero-order chi connectivity index (χ0) is 44.0. The van der Waals surface area contributed by atoms with Crippen LogP contribution in [0.15, 0.2) is 29.7 Å². The molecule has 59 heavy (non-hydrogen) atoms. The van der Waals surface area contributed by atoms with Crippen LogP contribution in [-0.2, 0) is 68.3 Å². The van der Waals surface area contributed by atoms with Gasteiger partial charge in [0.15, 0.2) is 24.1 Å². The van der Waals surface area contributed by atoms with E-state index in [2.05, 4.69) is 10.1 Å². The summed E-state index contributed by atoms with van der Waals surface area (Å²) >= 11 is 0. The highest BCUT2D eigenvalue weighted by molar-refractivity contribution is 5.90. The SMILES string of the molecule is CC[C@H]1OC(=O)[C@H](C)[C@@H](OC(=O)Cc2cccnc2)[C@H](C)[C@@H](O[C@@H]2O[C@H](C)C[C@H](N(C)C)[C@H]2OC(C)=O)[C@@](C)(OC)C[C@@H](C)/C(=N\OC(C)=O)[C@H](C)[C@H]2OC(=O)O[C@@]21C. The molecule has 0 N–H and O–H groups in total. The van der Waals surface area contributed by atoms with Crippen LogP contribution in [0.3, 0.4) is 0 Å². The number of hydrogen-bond acceptors (Lipinski definition) is 17. The van der Waals surface area contributed by atoms with Gasteiger partial charge in [-0.15, -0.1) is 0 Å². The van der Waals surface area contributed by atoms with E-state index < -0.39 is 102 Å². The second-order valence-corrected chi connectivity index (χ2v) is 16.8. The van der Waals surface area contributed by atoms with Gasteiger partial charge in [-0.2, -0.15) is 0 Å². The van der Waals surface area contributed by atoms with Crippen LogP contribution in [0.25, 0.3) is 0 Å². The monoisotopic (exact) mass is 833 g/mol. The number of fused-ring (bicyclic) bond motifs is 1. The van der Waals surface area contributed by atoms with E-state index in [1.54, 1.807) is 66.1 Å². The molecule has 0 unspecified atom stereocenters. The molecule has 1 aromatic rings. The molecular weight excluding hydrogens is 770 g/mol. The van der Waals surface area contributed by atoms with Crippen LogP contribution >= 0.6 is 0 Å². The fourth-order valence-electron chi connectivity index (χ4n) is 8.86. The van der Waals surface area contributed by atoms with Gasteiger partial charge >= 0.3 is 30.0 Å². The quantitative estimate of drug-likeness (QED) is 0.135. The van der Waals surface area contributed by atoms with Crippen molar-refractivity contribution in [1.29, 1.82) is 0 Å². The maximum absolute atomic E-state index is 14.5. The predicted molar refractivity (Wildman–Crippen MR) is 210 cm³/mol. The molecule has 3 aliphatic heterocycles. The summed E-state index contributed by atoms with van der Waals surface area (Å²) < 4.78 is 49.8. The van der Waals surface area contributed by atoms with Gasteiger partial charge in [0.1, 0.15) is 12.2 Å². The Bertz CT molecular complexity index is 1680. The minimum Gasteiger partial charge on any atom is -0.461 e. The highest BCUT2D eigenvalue weighted by Crippen LogP contribution is 2.43. The number of nitrogens with zero attached hydrogens (tertiary/aromatic N) is 3. The third kappa shape index (κ3) is 11.2. The summed E-state index contributed by atoms with van der Waals surface area (Å²) in [5, 5.41) is 4.30. The molecule has 1 aromatic heterocycles. The summed E-state index contributed by atoms with van der Waals surface area (Å²) in [5.41, 5.74) is -1.92. The highest BCUT2D eigenvalue weighted by atomic mass is 16.8. The van der Waals surface area contributed by atoms with Crippen molar-refractivity contribution in [3.8, 4) is 0 Å². The van der Waals surface area contributed by atoms with Gasteiger partial charge in [-0.3, -0.25) is 19.4 Å². The summed E-state index contributed by atoms with van der Waals surface area (Å²) in [4.78, 5) is 77.3. The minimum atomic E-state index is -1.51. The van der Waals surface area contributed by atoms with Crippen LogP contribution in [0.2, 0.25) is 0 Å². The molecule has 330 valence electrons. The molecule has 0 bridgehead atoms. The molecule has 0 aliphatic carbocycles. The molecule has 0 aromatic carbocycles. The lowest BCUT2D eigenvalue weighted by atomic mass is 9.73. The highest BCUT2D eigenvalue weighted by Gasteiger charge is 2.59. The van der Waals surface area contributed by atoms with E-state index in [0.29, 0.717) is 17.7 Å².